The number of phenolic OH excluding ortho intramolecular Hbond substituents is 1. The molecule has 23 heavy (non-hydrogen) atoms. The van der Waals surface area contributed by atoms with Crippen LogP contribution in [0, 0.1) is 5.82 Å². The maximum Gasteiger partial charge on any atom is 0.419 e. The summed E-state index contributed by atoms with van der Waals surface area (Å²) in [7, 11) is 0. The molecule has 2 rings (SSSR count). The number of nitrogens with one attached hydrogen (secondary N) is 1. The lowest BCUT2D eigenvalue weighted by atomic mass is 10.1. The van der Waals surface area contributed by atoms with Crippen molar-refractivity contribution in [2.24, 2.45) is 5.73 Å². The minimum absolute atomic E-state index is 0.186. The Kier molecular flexibility index (Phi) is 4.35. The maximum atomic E-state index is 13.5. The number of likely N-dealkylation sites (tertiary alicyclic amines) is 1. The van der Waals surface area contributed by atoms with Crippen molar-refractivity contribution in [2.45, 2.75) is 25.1 Å². The zero-order chi connectivity index (χ0) is 17.4. The van der Waals surface area contributed by atoms with E-state index in [1.54, 1.807) is 0 Å². The van der Waals surface area contributed by atoms with Gasteiger partial charge in [-0.15, -0.1) is 0 Å². The second-order valence-electron chi connectivity index (χ2n) is 5.03. The van der Waals surface area contributed by atoms with Crippen molar-refractivity contribution in [3.8, 4) is 5.75 Å². The van der Waals surface area contributed by atoms with Crippen molar-refractivity contribution in [2.75, 3.05) is 11.9 Å². The summed E-state index contributed by atoms with van der Waals surface area (Å²) in [6, 6.07) is -1.17. The van der Waals surface area contributed by atoms with Gasteiger partial charge < -0.3 is 21.1 Å². The van der Waals surface area contributed by atoms with Crippen molar-refractivity contribution in [3.05, 3.63) is 23.5 Å². The molecule has 1 aliphatic heterocycles. The Morgan fingerprint density at radius 2 is 2.00 bits per heavy atom. The van der Waals surface area contributed by atoms with Gasteiger partial charge in [-0.2, -0.15) is 13.2 Å². The highest BCUT2D eigenvalue weighted by Gasteiger charge is 2.36. The van der Waals surface area contributed by atoms with Gasteiger partial charge in [0.1, 0.15) is 17.6 Å². The Bertz CT molecular complexity index is 648. The van der Waals surface area contributed by atoms with E-state index in [1.165, 1.54) is 0 Å². The Balaban J connectivity index is 2.22. The fourth-order valence-corrected chi connectivity index (χ4v) is 2.40. The Hall–Kier alpha value is -2.52. The minimum atomic E-state index is -4.97. The Morgan fingerprint density at radius 3 is 2.57 bits per heavy atom. The highest BCUT2D eigenvalue weighted by molar-refractivity contribution is 5.98. The molecule has 1 aliphatic rings. The molecule has 1 saturated heterocycles. The average Bonchev–Trinajstić information content (AvgIpc) is 2.90. The van der Waals surface area contributed by atoms with Crippen molar-refractivity contribution < 1.29 is 32.3 Å². The van der Waals surface area contributed by atoms with Gasteiger partial charge >= 0.3 is 12.2 Å². The number of aromatic hydroxyl groups is 1. The van der Waals surface area contributed by atoms with E-state index in [2.05, 4.69) is 5.32 Å². The first-order valence-corrected chi connectivity index (χ1v) is 6.58. The number of carbonyl (C=O) groups is 2. The molecule has 0 aliphatic carbocycles. The summed E-state index contributed by atoms with van der Waals surface area (Å²) in [5.74, 6) is -3.34. The van der Waals surface area contributed by atoms with Gasteiger partial charge in [-0.3, -0.25) is 4.79 Å². The van der Waals surface area contributed by atoms with E-state index in [1.807, 2.05) is 0 Å². The normalized spacial score (nSPS) is 18.1. The predicted molar refractivity (Wildman–Crippen MR) is 71.0 cm³/mol. The number of benzene rings is 1. The molecule has 0 saturated carbocycles. The van der Waals surface area contributed by atoms with E-state index in [4.69, 9.17) is 5.73 Å². The van der Waals surface area contributed by atoms with Crippen molar-refractivity contribution in [1.29, 1.82) is 0 Å². The Morgan fingerprint density at radius 1 is 1.35 bits per heavy atom. The van der Waals surface area contributed by atoms with Crippen LogP contribution in [-0.2, 0) is 11.0 Å². The third-order valence-electron chi connectivity index (χ3n) is 3.49. The number of hydrogen-bond acceptors (Lipinski definition) is 3. The van der Waals surface area contributed by atoms with Gasteiger partial charge in [0.05, 0.1) is 11.3 Å². The second kappa shape index (κ2) is 5.94. The number of hydrogen-bond donors (Lipinski definition) is 3. The molecule has 1 aromatic carbocycles. The number of nitrogens with zero attached hydrogens (tertiary/aromatic N) is 1. The number of nitrogens with two attached hydrogens (primary N) is 1. The van der Waals surface area contributed by atoms with Gasteiger partial charge in [0.2, 0.25) is 5.91 Å². The summed E-state index contributed by atoms with van der Waals surface area (Å²) < 4.78 is 51.0. The van der Waals surface area contributed by atoms with Crippen LogP contribution in [0.4, 0.5) is 28.0 Å². The minimum Gasteiger partial charge on any atom is -0.506 e. The van der Waals surface area contributed by atoms with Crippen molar-refractivity contribution in [3.63, 3.8) is 0 Å². The summed E-state index contributed by atoms with van der Waals surface area (Å²) in [6.07, 6.45) is -4.15. The van der Waals surface area contributed by atoms with Gasteiger partial charge in [0, 0.05) is 12.6 Å². The Labute approximate surface area is 127 Å². The van der Waals surface area contributed by atoms with Crippen LogP contribution >= 0.6 is 0 Å². The van der Waals surface area contributed by atoms with E-state index in [9.17, 15) is 32.3 Å². The van der Waals surface area contributed by atoms with Crippen LogP contribution in [0.1, 0.15) is 18.4 Å². The average molecular weight is 335 g/mol. The second-order valence-corrected chi connectivity index (χ2v) is 5.03. The molecule has 1 aromatic rings. The highest BCUT2D eigenvalue weighted by Crippen LogP contribution is 2.37. The van der Waals surface area contributed by atoms with Gasteiger partial charge in [0.25, 0.3) is 0 Å². The van der Waals surface area contributed by atoms with Gasteiger partial charge in [-0.1, -0.05) is 0 Å². The monoisotopic (exact) mass is 335 g/mol. The lowest BCUT2D eigenvalue weighted by Crippen LogP contribution is -2.45. The molecule has 126 valence electrons. The summed E-state index contributed by atoms with van der Waals surface area (Å²) >= 11 is 0. The first-order valence-electron chi connectivity index (χ1n) is 6.58. The standard InChI is InChI=1S/C13H13F4N3O3/c14-7-5-8(10(21)4-6(7)13(15,16)17)19-11(22)9-2-1-3-20(9)12(18)23/h4-5,9,21H,1-3H2,(H2,18,23)(H,19,22)/t9-/m0/s1. The van der Waals surface area contributed by atoms with Gasteiger partial charge in [-0.25, -0.2) is 9.18 Å². The summed E-state index contributed by atoms with van der Waals surface area (Å²) in [6.45, 7) is 0.265. The molecule has 1 heterocycles. The van der Waals surface area contributed by atoms with Crippen LogP contribution in [0.25, 0.3) is 0 Å². The molecule has 0 spiro atoms. The van der Waals surface area contributed by atoms with Crippen LogP contribution in [-0.4, -0.2) is 34.5 Å². The third-order valence-corrected chi connectivity index (χ3v) is 3.49. The zero-order valence-corrected chi connectivity index (χ0v) is 11.7. The number of amides is 3. The fraction of sp³-hybridized carbons (Fsp3) is 0.385. The molecule has 0 bridgehead atoms. The van der Waals surface area contributed by atoms with Crippen molar-refractivity contribution >= 4 is 17.6 Å². The van der Waals surface area contributed by atoms with E-state index in [-0.39, 0.29) is 12.6 Å². The lowest BCUT2D eigenvalue weighted by Gasteiger charge is -2.22. The smallest absolute Gasteiger partial charge is 0.419 e. The lowest BCUT2D eigenvalue weighted by molar-refractivity contribution is -0.140. The van der Waals surface area contributed by atoms with E-state index >= 15 is 0 Å². The number of phenols is 1. The molecule has 0 aromatic heterocycles. The van der Waals surface area contributed by atoms with Crippen LogP contribution < -0.4 is 11.1 Å². The number of carbonyl (C=O) groups excluding carboxylic acids is 2. The molecular weight excluding hydrogens is 322 g/mol. The molecular formula is C13H13F4N3O3. The zero-order valence-electron chi connectivity index (χ0n) is 11.7. The molecule has 1 atom stereocenters. The predicted octanol–water partition coefficient (Wildman–Crippen LogP) is 2.03. The van der Waals surface area contributed by atoms with Gasteiger partial charge in [-0.05, 0) is 18.9 Å². The van der Waals surface area contributed by atoms with Crippen LogP contribution in [0.5, 0.6) is 5.75 Å². The van der Waals surface area contributed by atoms with Crippen LogP contribution in [0.15, 0.2) is 12.1 Å². The molecule has 0 unspecified atom stereocenters. The molecule has 0 radical (unpaired) electrons. The number of urea groups is 1. The molecule has 4 N–H and O–H groups in total. The number of halogens is 4. The number of alkyl halides is 3. The van der Waals surface area contributed by atoms with Gasteiger partial charge in [0.15, 0.2) is 0 Å². The topological polar surface area (TPSA) is 95.7 Å². The quantitative estimate of drug-likeness (QED) is 0.570. The largest absolute Gasteiger partial charge is 0.506 e. The molecule has 6 nitrogen and oxygen atoms in total. The molecule has 10 heteroatoms. The van der Waals surface area contributed by atoms with Crippen LogP contribution in [0.3, 0.4) is 0 Å². The fourth-order valence-electron chi connectivity index (χ4n) is 2.40. The maximum absolute atomic E-state index is 13.5. The molecule has 3 amide bonds. The van der Waals surface area contributed by atoms with E-state index in [0.717, 1.165) is 4.90 Å². The summed E-state index contributed by atoms with van der Waals surface area (Å²) in [5.41, 5.74) is 2.95. The highest BCUT2D eigenvalue weighted by atomic mass is 19.4. The van der Waals surface area contributed by atoms with E-state index < -0.39 is 47.0 Å². The first-order chi connectivity index (χ1) is 10.6. The van der Waals surface area contributed by atoms with Crippen LogP contribution in [0.2, 0.25) is 0 Å². The third kappa shape index (κ3) is 3.46. The molecule has 1 fully saturated rings. The number of anilines is 1. The number of rotatable bonds is 2. The first kappa shape index (κ1) is 16.8. The number of primary amides is 1. The summed E-state index contributed by atoms with van der Waals surface area (Å²) in [5, 5.41) is 11.7. The summed E-state index contributed by atoms with van der Waals surface area (Å²) in [4.78, 5) is 24.3. The SMILES string of the molecule is NC(=O)N1CCC[C@H]1C(=O)Nc1cc(F)c(C(F)(F)F)cc1O. The van der Waals surface area contributed by atoms with Crippen molar-refractivity contribution in [1.82, 2.24) is 4.90 Å². The van der Waals surface area contributed by atoms with E-state index in [0.29, 0.717) is 18.9 Å².